The lowest BCUT2D eigenvalue weighted by Crippen LogP contribution is -2.10. The molecule has 104 valence electrons. The minimum absolute atomic E-state index is 0.435. The molecule has 2 N–H and O–H groups in total. The van der Waals surface area contributed by atoms with Gasteiger partial charge in [-0.05, 0) is 29.5 Å². The number of benzene rings is 2. The summed E-state index contributed by atoms with van der Waals surface area (Å²) in [4.78, 5) is 0.435. The molecule has 0 aliphatic carbocycles. The molecule has 0 aromatic heterocycles. The van der Waals surface area contributed by atoms with Crippen molar-refractivity contribution in [1.82, 2.24) is 0 Å². The van der Waals surface area contributed by atoms with Crippen LogP contribution in [0.1, 0.15) is 17.5 Å². The third-order valence-electron chi connectivity index (χ3n) is 3.27. The average molecular weight is 285 g/mol. The van der Waals surface area contributed by atoms with Crippen molar-refractivity contribution in [2.45, 2.75) is 12.8 Å². The van der Waals surface area contributed by atoms with E-state index in [-0.39, 0.29) is 0 Å². The highest BCUT2D eigenvalue weighted by Gasteiger charge is 2.06. The first kappa shape index (κ1) is 14.7. The van der Waals surface area contributed by atoms with Gasteiger partial charge in [0, 0.05) is 19.3 Å². The van der Waals surface area contributed by atoms with Crippen LogP contribution in [0.25, 0.3) is 11.1 Å². The van der Waals surface area contributed by atoms with Crippen LogP contribution in [-0.2, 0) is 11.2 Å². The van der Waals surface area contributed by atoms with E-state index in [0.717, 1.165) is 36.1 Å². The molecule has 2 rings (SSSR count). The smallest absolute Gasteiger partial charge is 0.104 e. The molecule has 0 fully saturated rings. The van der Waals surface area contributed by atoms with Crippen LogP contribution < -0.4 is 5.73 Å². The molecule has 0 aliphatic heterocycles. The molecule has 0 atom stereocenters. The summed E-state index contributed by atoms with van der Waals surface area (Å²) in [6.45, 7) is 0.798. The van der Waals surface area contributed by atoms with E-state index in [2.05, 4.69) is 30.3 Å². The summed E-state index contributed by atoms with van der Waals surface area (Å²) in [5, 5.41) is 0. The van der Waals surface area contributed by atoms with Gasteiger partial charge in [0.2, 0.25) is 0 Å². The molecule has 0 aliphatic rings. The second kappa shape index (κ2) is 7.17. The van der Waals surface area contributed by atoms with Crippen LogP contribution in [0, 0.1) is 0 Å². The molecule has 2 aromatic rings. The van der Waals surface area contributed by atoms with Crippen LogP contribution in [0.3, 0.4) is 0 Å². The molecule has 0 amide bonds. The van der Waals surface area contributed by atoms with Crippen LogP contribution in [0.5, 0.6) is 0 Å². The maximum Gasteiger partial charge on any atom is 0.104 e. The van der Waals surface area contributed by atoms with Crippen molar-refractivity contribution in [3.63, 3.8) is 0 Å². The Morgan fingerprint density at radius 1 is 1.10 bits per heavy atom. The Bertz CT molecular complexity index is 578. The fourth-order valence-electron chi connectivity index (χ4n) is 2.22. The second-order valence-corrected chi connectivity index (χ2v) is 5.14. The van der Waals surface area contributed by atoms with E-state index in [1.807, 2.05) is 18.2 Å². The molecule has 0 spiro atoms. The molecular formula is C17H19NOS. The quantitative estimate of drug-likeness (QED) is 0.651. The minimum atomic E-state index is 0.435. The van der Waals surface area contributed by atoms with E-state index in [1.54, 1.807) is 7.11 Å². The second-order valence-electron chi connectivity index (χ2n) is 4.70. The van der Waals surface area contributed by atoms with E-state index in [0.29, 0.717) is 4.99 Å². The Morgan fingerprint density at radius 2 is 1.80 bits per heavy atom. The highest BCUT2D eigenvalue weighted by molar-refractivity contribution is 7.80. The van der Waals surface area contributed by atoms with Crippen LogP contribution in [-0.4, -0.2) is 18.7 Å². The van der Waals surface area contributed by atoms with Crippen molar-refractivity contribution in [3.8, 4) is 11.1 Å². The van der Waals surface area contributed by atoms with Crippen LogP contribution in [0.2, 0.25) is 0 Å². The normalized spacial score (nSPS) is 10.4. The van der Waals surface area contributed by atoms with E-state index < -0.39 is 0 Å². The van der Waals surface area contributed by atoms with Crippen LogP contribution >= 0.6 is 12.2 Å². The monoisotopic (exact) mass is 285 g/mol. The van der Waals surface area contributed by atoms with Crippen molar-refractivity contribution in [2.75, 3.05) is 13.7 Å². The van der Waals surface area contributed by atoms with E-state index in [1.165, 1.54) is 5.56 Å². The molecule has 0 bridgehead atoms. The standard InChI is InChI=1S/C17H19NOS/c1-19-12-4-5-13-8-10-14(11-9-13)15-6-2-3-7-16(15)17(18)20/h2-3,6-11H,4-5,12H2,1H3,(H2,18,20). The molecule has 0 saturated carbocycles. The predicted molar refractivity (Wildman–Crippen MR) is 88.0 cm³/mol. The highest BCUT2D eigenvalue weighted by atomic mass is 32.1. The lowest BCUT2D eigenvalue weighted by molar-refractivity contribution is 0.195. The van der Waals surface area contributed by atoms with Gasteiger partial charge < -0.3 is 10.5 Å². The third-order valence-corrected chi connectivity index (χ3v) is 3.49. The van der Waals surface area contributed by atoms with Gasteiger partial charge in [-0.3, -0.25) is 0 Å². The van der Waals surface area contributed by atoms with Gasteiger partial charge in [-0.25, -0.2) is 0 Å². The zero-order valence-electron chi connectivity index (χ0n) is 11.6. The topological polar surface area (TPSA) is 35.2 Å². The summed E-state index contributed by atoms with van der Waals surface area (Å²) in [5.41, 5.74) is 10.3. The molecule has 2 aromatic carbocycles. The Balaban J connectivity index is 2.20. The molecular weight excluding hydrogens is 266 g/mol. The molecule has 0 heterocycles. The van der Waals surface area contributed by atoms with Gasteiger partial charge in [0.05, 0.1) is 0 Å². The largest absolute Gasteiger partial charge is 0.389 e. The Morgan fingerprint density at radius 3 is 2.45 bits per heavy atom. The maximum atomic E-state index is 5.78. The Labute approximate surface area is 125 Å². The summed E-state index contributed by atoms with van der Waals surface area (Å²) < 4.78 is 5.07. The molecule has 0 unspecified atom stereocenters. The van der Waals surface area contributed by atoms with E-state index in [4.69, 9.17) is 22.7 Å². The summed E-state index contributed by atoms with van der Waals surface area (Å²) in [6.07, 6.45) is 2.07. The number of rotatable bonds is 6. The van der Waals surface area contributed by atoms with Crippen LogP contribution in [0.4, 0.5) is 0 Å². The van der Waals surface area contributed by atoms with Gasteiger partial charge in [0.1, 0.15) is 4.99 Å². The van der Waals surface area contributed by atoms with Crippen molar-refractivity contribution in [1.29, 1.82) is 0 Å². The van der Waals surface area contributed by atoms with Gasteiger partial charge in [-0.2, -0.15) is 0 Å². The first-order valence-electron chi connectivity index (χ1n) is 6.69. The Hall–Kier alpha value is -1.71. The lowest BCUT2D eigenvalue weighted by Gasteiger charge is -2.09. The summed E-state index contributed by atoms with van der Waals surface area (Å²) in [7, 11) is 1.73. The SMILES string of the molecule is COCCCc1ccc(-c2ccccc2C(N)=S)cc1. The maximum absolute atomic E-state index is 5.78. The van der Waals surface area contributed by atoms with E-state index >= 15 is 0 Å². The van der Waals surface area contributed by atoms with Crippen molar-refractivity contribution < 1.29 is 4.74 Å². The molecule has 20 heavy (non-hydrogen) atoms. The molecule has 0 radical (unpaired) electrons. The fourth-order valence-corrected chi connectivity index (χ4v) is 2.40. The molecule has 2 nitrogen and oxygen atoms in total. The minimum Gasteiger partial charge on any atom is -0.389 e. The summed E-state index contributed by atoms with van der Waals surface area (Å²) in [6, 6.07) is 16.5. The summed E-state index contributed by atoms with van der Waals surface area (Å²) >= 11 is 5.11. The average Bonchev–Trinajstić information content (AvgIpc) is 2.48. The fraction of sp³-hybridized carbons (Fsp3) is 0.235. The molecule has 0 saturated heterocycles. The first-order chi connectivity index (χ1) is 9.72. The number of aryl methyl sites for hydroxylation is 1. The van der Waals surface area contributed by atoms with Crippen molar-refractivity contribution >= 4 is 17.2 Å². The number of nitrogens with two attached hydrogens (primary N) is 1. The van der Waals surface area contributed by atoms with Gasteiger partial charge >= 0.3 is 0 Å². The number of hydrogen-bond donors (Lipinski definition) is 1. The highest BCUT2D eigenvalue weighted by Crippen LogP contribution is 2.24. The zero-order chi connectivity index (χ0) is 14.4. The molecule has 3 heteroatoms. The van der Waals surface area contributed by atoms with Gasteiger partial charge in [-0.15, -0.1) is 0 Å². The number of ether oxygens (including phenoxy) is 1. The van der Waals surface area contributed by atoms with Gasteiger partial charge in [0.15, 0.2) is 0 Å². The number of methoxy groups -OCH3 is 1. The van der Waals surface area contributed by atoms with Crippen molar-refractivity contribution in [2.24, 2.45) is 5.73 Å². The zero-order valence-corrected chi connectivity index (χ0v) is 12.5. The predicted octanol–water partition coefficient (Wildman–Crippen LogP) is 3.57. The first-order valence-corrected chi connectivity index (χ1v) is 7.10. The van der Waals surface area contributed by atoms with E-state index in [9.17, 15) is 0 Å². The Kier molecular flexibility index (Phi) is 5.27. The van der Waals surface area contributed by atoms with Crippen LogP contribution in [0.15, 0.2) is 48.5 Å². The summed E-state index contributed by atoms with van der Waals surface area (Å²) in [5.74, 6) is 0. The van der Waals surface area contributed by atoms with Crippen molar-refractivity contribution in [3.05, 3.63) is 59.7 Å². The lowest BCUT2D eigenvalue weighted by atomic mass is 9.98. The number of hydrogen-bond acceptors (Lipinski definition) is 2. The number of thiocarbonyl (C=S) groups is 1. The van der Waals surface area contributed by atoms with Gasteiger partial charge in [-0.1, -0.05) is 60.7 Å². The van der Waals surface area contributed by atoms with Gasteiger partial charge in [0.25, 0.3) is 0 Å². The third kappa shape index (κ3) is 3.65.